The molecule has 2 aromatic carbocycles. The van der Waals surface area contributed by atoms with E-state index >= 15 is 0 Å². The summed E-state index contributed by atoms with van der Waals surface area (Å²) in [7, 11) is 2.14. The molecule has 3 heteroatoms. The molecule has 0 bridgehead atoms. The van der Waals surface area contributed by atoms with Crippen molar-refractivity contribution < 1.29 is 9.47 Å². The van der Waals surface area contributed by atoms with Crippen molar-refractivity contribution >= 4 is 6.08 Å². The number of benzene rings is 2. The lowest BCUT2D eigenvalue weighted by Gasteiger charge is -2.20. The third-order valence-electron chi connectivity index (χ3n) is 4.35. The topological polar surface area (TPSA) is 21.7 Å². The van der Waals surface area contributed by atoms with E-state index in [-0.39, 0.29) is 0 Å². The predicted octanol–water partition coefficient (Wildman–Crippen LogP) is 4.56. The lowest BCUT2D eigenvalue weighted by atomic mass is 10.0. The van der Waals surface area contributed by atoms with Crippen LogP contribution in [0.1, 0.15) is 30.0 Å². The summed E-state index contributed by atoms with van der Waals surface area (Å²) in [4.78, 5) is 2.30. The number of ether oxygens (including phenoxy) is 2. The molecule has 0 amide bonds. The molecule has 0 unspecified atom stereocenters. The highest BCUT2D eigenvalue weighted by Gasteiger charge is 2.11. The monoisotopic (exact) mass is 337 g/mol. The molecule has 0 fully saturated rings. The van der Waals surface area contributed by atoms with E-state index in [4.69, 9.17) is 9.47 Å². The zero-order chi connectivity index (χ0) is 17.5. The SMILES string of the molecule is CCOc1ccc(C=CCN(C)Cc2ccc3c(c2)OCCC3)cc1. The molecule has 3 rings (SSSR count). The summed E-state index contributed by atoms with van der Waals surface area (Å²) < 4.78 is 11.2. The molecule has 0 saturated heterocycles. The van der Waals surface area contributed by atoms with E-state index in [1.165, 1.54) is 16.7 Å². The zero-order valence-electron chi connectivity index (χ0n) is 15.2. The molecule has 0 N–H and O–H groups in total. The van der Waals surface area contributed by atoms with Crippen LogP contribution < -0.4 is 9.47 Å². The van der Waals surface area contributed by atoms with E-state index in [1.807, 2.05) is 19.1 Å². The minimum Gasteiger partial charge on any atom is -0.494 e. The molecular formula is C22H27NO2. The summed E-state index contributed by atoms with van der Waals surface area (Å²) in [5, 5.41) is 0. The quantitative estimate of drug-likeness (QED) is 0.739. The summed E-state index contributed by atoms with van der Waals surface area (Å²) in [5.74, 6) is 1.99. The third kappa shape index (κ3) is 5.10. The van der Waals surface area contributed by atoms with Gasteiger partial charge in [-0.15, -0.1) is 0 Å². The van der Waals surface area contributed by atoms with Gasteiger partial charge in [0.2, 0.25) is 0 Å². The summed E-state index contributed by atoms with van der Waals surface area (Å²) >= 11 is 0. The van der Waals surface area contributed by atoms with Gasteiger partial charge in [-0.3, -0.25) is 4.90 Å². The van der Waals surface area contributed by atoms with E-state index in [0.29, 0.717) is 6.61 Å². The first-order valence-electron chi connectivity index (χ1n) is 9.07. The lowest BCUT2D eigenvalue weighted by molar-refractivity contribution is 0.287. The van der Waals surface area contributed by atoms with Gasteiger partial charge in [-0.1, -0.05) is 36.4 Å². The van der Waals surface area contributed by atoms with Crippen molar-refractivity contribution in [3.63, 3.8) is 0 Å². The van der Waals surface area contributed by atoms with Gasteiger partial charge in [-0.25, -0.2) is 0 Å². The molecule has 1 heterocycles. The second kappa shape index (κ2) is 8.72. The molecule has 0 radical (unpaired) electrons. The Balaban J connectivity index is 1.51. The second-order valence-corrected chi connectivity index (χ2v) is 6.50. The van der Waals surface area contributed by atoms with E-state index in [0.717, 1.165) is 44.0 Å². The van der Waals surface area contributed by atoms with Gasteiger partial charge >= 0.3 is 0 Å². The molecule has 0 saturated carbocycles. The van der Waals surface area contributed by atoms with E-state index in [9.17, 15) is 0 Å². The number of hydrogen-bond acceptors (Lipinski definition) is 3. The van der Waals surface area contributed by atoms with Crippen LogP contribution in [0.5, 0.6) is 11.5 Å². The summed E-state index contributed by atoms with van der Waals surface area (Å²) in [6.45, 7) is 5.37. The minimum atomic E-state index is 0.702. The van der Waals surface area contributed by atoms with Gasteiger partial charge in [0.25, 0.3) is 0 Å². The van der Waals surface area contributed by atoms with Crippen LogP contribution in [0.25, 0.3) is 6.08 Å². The van der Waals surface area contributed by atoms with Crippen molar-refractivity contribution in [1.29, 1.82) is 0 Å². The summed E-state index contributed by atoms with van der Waals surface area (Å²) in [5.41, 5.74) is 3.84. The smallest absolute Gasteiger partial charge is 0.122 e. The van der Waals surface area contributed by atoms with Crippen LogP contribution in [0.2, 0.25) is 0 Å². The molecule has 0 aromatic heterocycles. The summed E-state index contributed by atoms with van der Waals surface area (Å²) in [6, 6.07) is 14.8. The van der Waals surface area contributed by atoms with Crippen molar-refractivity contribution in [1.82, 2.24) is 4.90 Å². The van der Waals surface area contributed by atoms with Crippen LogP contribution in [0.4, 0.5) is 0 Å². The maximum absolute atomic E-state index is 5.77. The summed E-state index contributed by atoms with van der Waals surface area (Å²) in [6.07, 6.45) is 6.62. The molecule has 0 spiro atoms. The van der Waals surface area contributed by atoms with Gasteiger partial charge in [0.15, 0.2) is 0 Å². The number of fused-ring (bicyclic) bond motifs is 1. The van der Waals surface area contributed by atoms with Crippen molar-refractivity contribution in [2.75, 3.05) is 26.8 Å². The average molecular weight is 337 g/mol. The molecule has 1 aliphatic heterocycles. The predicted molar refractivity (Wildman–Crippen MR) is 103 cm³/mol. The Labute approximate surface area is 150 Å². The molecule has 0 atom stereocenters. The van der Waals surface area contributed by atoms with Crippen LogP contribution in [0.3, 0.4) is 0 Å². The number of rotatable bonds is 7. The van der Waals surface area contributed by atoms with Crippen LogP contribution in [0, 0.1) is 0 Å². The Morgan fingerprint density at radius 1 is 1.16 bits per heavy atom. The molecule has 1 aliphatic rings. The maximum atomic E-state index is 5.77. The normalized spacial score (nSPS) is 13.7. The first kappa shape index (κ1) is 17.6. The first-order chi connectivity index (χ1) is 12.2. The fraction of sp³-hybridized carbons (Fsp3) is 0.364. The van der Waals surface area contributed by atoms with Crippen LogP contribution >= 0.6 is 0 Å². The highest BCUT2D eigenvalue weighted by Crippen LogP contribution is 2.26. The van der Waals surface area contributed by atoms with E-state index < -0.39 is 0 Å². The average Bonchev–Trinajstić information content (AvgIpc) is 2.63. The Kier molecular flexibility index (Phi) is 6.13. The standard InChI is InChI=1S/C22H27NO2/c1-3-24-21-12-9-18(10-13-21)6-4-14-23(2)17-19-8-11-20-7-5-15-25-22(20)16-19/h4,6,8-13,16H,3,5,7,14-15,17H2,1-2H3. The van der Waals surface area contributed by atoms with Crippen LogP contribution in [0.15, 0.2) is 48.5 Å². The number of hydrogen-bond donors (Lipinski definition) is 0. The fourth-order valence-electron chi connectivity index (χ4n) is 3.07. The zero-order valence-corrected chi connectivity index (χ0v) is 15.2. The Morgan fingerprint density at radius 2 is 2.00 bits per heavy atom. The molecular weight excluding hydrogens is 310 g/mol. The highest BCUT2D eigenvalue weighted by atomic mass is 16.5. The van der Waals surface area contributed by atoms with Gasteiger partial charge in [0.05, 0.1) is 13.2 Å². The first-order valence-corrected chi connectivity index (χ1v) is 9.07. The largest absolute Gasteiger partial charge is 0.494 e. The van der Waals surface area contributed by atoms with Crippen molar-refractivity contribution in [2.45, 2.75) is 26.3 Å². The molecule has 3 nitrogen and oxygen atoms in total. The van der Waals surface area contributed by atoms with E-state index in [1.54, 1.807) is 0 Å². The molecule has 2 aromatic rings. The van der Waals surface area contributed by atoms with Gasteiger partial charge in [-0.2, -0.15) is 0 Å². The van der Waals surface area contributed by atoms with Crippen molar-refractivity contribution in [3.8, 4) is 11.5 Å². The van der Waals surface area contributed by atoms with Gasteiger partial charge in [0.1, 0.15) is 11.5 Å². The van der Waals surface area contributed by atoms with Crippen LogP contribution in [-0.4, -0.2) is 31.7 Å². The maximum Gasteiger partial charge on any atom is 0.122 e. The second-order valence-electron chi connectivity index (χ2n) is 6.50. The highest BCUT2D eigenvalue weighted by molar-refractivity contribution is 5.50. The minimum absolute atomic E-state index is 0.702. The van der Waals surface area contributed by atoms with Gasteiger partial charge in [0, 0.05) is 13.1 Å². The van der Waals surface area contributed by atoms with Crippen molar-refractivity contribution in [3.05, 3.63) is 65.2 Å². The van der Waals surface area contributed by atoms with Gasteiger partial charge < -0.3 is 9.47 Å². The number of likely N-dealkylation sites (N-methyl/N-ethyl adjacent to an activating group) is 1. The third-order valence-corrected chi connectivity index (χ3v) is 4.35. The van der Waals surface area contributed by atoms with E-state index in [2.05, 4.69) is 54.4 Å². The number of nitrogens with zero attached hydrogens (tertiary/aromatic N) is 1. The fourth-order valence-corrected chi connectivity index (χ4v) is 3.07. The van der Waals surface area contributed by atoms with Crippen LogP contribution in [-0.2, 0) is 13.0 Å². The molecule has 25 heavy (non-hydrogen) atoms. The Morgan fingerprint density at radius 3 is 2.80 bits per heavy atom. The molecule has 0 aliphatic carbocycles. The van der Waals surface area contributed by atoms with Gasteiger partial charge in [-0.05, 0) is 61.7 Å². The number of aryl methyl sites for hydroxylation is 1. The Hall–Kier alpha value is -2.26. The van der Waals surface area contributed by atoms with Crippen molar-refractivity contribution in [2.24, 2.45) is 0 Å². The Bertz CT molecular complexity index is 706. The molecule has 132 valence electrons. The lowest BCUT2D eigenvalue weighted by Crippen LogP contribution is -2.18.